The molecule has 0 saturated carbocycles. The van der Waals surface area contributed by atoms with Crippen molar-refractivity contribution in [2.24, 2.45) is 0 Å². The highest BCUT2D eigenvalue weighted by Gasteiger charge is 2.17. The fourth-order valence-electron chi connectivity index (χ4n) is 2.76. The standard InChI is InChI=1S/C18H23N7O/c1-13(2)25-14(3)20-17(23-25)22-18(26)21-16(11-24-10-9-19-12-24)15-7-5-4-6-8-15/h4-10,12-13,16H,11H2,1-3H3,(H2,21,22,23,26)/t16-/m0/s1. The van der Waals surface area contributed by atoms with Crippen LogP contribution in [0.2, 0.25) is 0 Å². The molecule has 0 bridgehead atoms. The molecule has 0 aliphatic rings. The lowest BCUT2D eigenvalue weighted by Gasteiger charge is -2.19. The van der Waals surface area contributed by atoms with Crippen LogP contribution in [0.3, 0.4) is 0 Å². The SMILES string of the molecule is Cc1nc(NC(=O)N[C@@H](Cn2ccnc2)c2ccccc2)nn1C(C)C. The van der Waals surface area contributed by atoms with Crippen molar-refractivity contribution < 1.29 is 4.79 Å². The number of aromatic nitrogens is 5. The number of hydrogen-bond donors (Lipinski definition) is 2. The number of urea groups is 1. The van der Waals surface area contributed by atoms with Crippen molar-refractivity contribution in [2.75, 3.05) is 5.32 Å². The minimum absolute atomic E-state index is 0.180. The van der Waals surface area contributed by atoms with Gasteiger partial charge in [0.25, 0.3) is 0 Å². The molecule has 3 rings (SSSR count). The van der Waals surface area contributed by atoms with Crippen molar-refractivity contribution in [3.05, 3.63) is 60.4 Å². The third-order valence-electron chi connectivity index (χ3n) is 3.98. The van der Waals surface area contributed by atoms with Crippen LogP contribution in [0.1, 0.15) is 37.3 Å². The zero-order valence-electron chi connectivity index (χ0n) is 15.1. The molecule has 2 aromatic heterocycles. The Labute approximate surface area is 152 Å². The molecule has 0 aliphatic carbocycles. The summed E-state index contributed by atoms with van der Waals surface area (Å²) < 4.78 is 3.70. The quantitative estimate of drug-likeness (QED) is 0.713. The molecule has 3 aromatic rings. The monoisotopic (exact) mass is 353 g/mol. The zero-order chi connectivity index (χ0) is 18.5. The van der Waals surface area contributed by atoms with E-state index in [1.54, 1.807) is 17.2 Å². The van der Waals surface area contributed by atoms with Gasteiger partial charge in [0.1, 0.15) is 5.82 Å². The molecule has 26 heavy (non-hydrogen) atoms. The molecule has 0 radical (unpaired) electrons. The van der Waals surface area contributed by atoms with E-state index in [1.165, 1.54) is 0 Å². The molecule has 2 amide bonds. The maximum absolute atomic E-state index is 12.5. The first-order valence-electron chi connectivity index (χ1n) is 8.54. The second-order valence-corrected chi connectivity index (χ2v) is 6.34. The predicted molar refractivity (Wildman–Crippen MR) is 98.7 cm³/mol. The molecule has 0 aliphatic heterocycles. The van der Waals surface area contributed by atoms with Crippen LogP contribution in [0.4, 0.5) is 10.7 Å². The molecule has 2 heterocycles. The molecule has 0 spiro atoms. The van der Waals surface area contributed by atoms with Crippen molar-refractivity contribution in [3.8, 4) is 0 Å². The van der Waals surface area contributed by atoms with Gasteiger partial charge in [0, 0.05) is 25.0 Å². The van der Waals surface area contributed by atoms with Crippen LogP contribution in [0.15, 0.2) is 49.1 Å². The van der Waals surface area contributed by atoms with E-state index >= 15 is 0 Å². The van der Waals surface area contributed by atoms with Gasteiger partial charge in [-0.15, -0.1) is 5.10 Å². The summed E-state index contributed by atoms with van der Waals surface area (Å²) in [5, 5.41) is 10.0. The number of hydrogen-bond acceptors (Lipinski definition) is 4. The summed E-state index contributed by atoms with van der Waals surface area (Å²) in [6.07, 6.45) is 5.31. The van der Waals surface area contributed by atoms with Crippen LogP contribution in [-0.4, -0.2) is 30.3 Å². The Kier molecular flexibility index (Phi) is 5.31. The minimum atomic E-state index is -0.347. The molecule has 8 nitrogen and oxygen atoms in total. The number of aryl methyl sites for hydroxylation is 1. The summed E-state index contributed by atoms with van der Waals surface area (Å²) in [7, 11) is 0. The van der Waals surface area contributed by atoms with Crippen LogP contribution >= 0.6 is 0 Å². The zero-order valence-corrected chi connectivity index (χ0v) is 15.1. The van der Waals surface area contributed by atoms with Crippen molar-refractivity contribution in [1.82, 2.24) is 29.6 Å². The van der Waals surface area contributed by atoms with Crippen molar-refractivity contribution >= 4 is 12.0 Å². The second-order valence-electron chi connectivity index (χ2n) is 6.34. The Bertz CT molecular complexity index is 840. The molecule has 136 valence electrons. The van der Waals surface area contributed by atoms with E-state index in [2.05, 4.69) is 25.7 Å². The summed E-state index contributed by atoms with van der Waals surface area (Å²) in [5.74, 6) is 1.05. The van der Waals surface area contributed by atoms with Crippen LogP contribution < -0.4 is 10.6 Å². The van der Waals surface area contributed by atoms with Gasteiger partial charge in [0.2, 0.25) is 5.95 Å². The molecule has 0 unspecified atom stereocenters. The van der Waals surface area contributed by atoms with Crippen molar-refractivity contribution in [3.63, 3.8) is 0 Å². The normalized spacial score (nSPS) is 12.2. The third-order valence-corrected chi connectivity index (χ3v) is 3.98. The Hall–Kier alpha value is -3.16. The number of benzene rings is 1. The minimum Gasteiger partial charge on any atom is -0.335 e. The molecule has 0 fully saturated rings. The number of imidazole rings is 1. The van der Waals surface area contributed by atoms with Crippen LogP contribution in [0.25, 0.3) is 0 Å². The van der Waals surface area contributed by atoms with Gasteiger partial charge >= 0.3 is 6.03 Å². The van der Waals surface area contributed by atoms with E-state index in [0.717, 1.165) is 11.4 Å². The average molecular weight is 353 g/mol. The lowest BCUT2D eigenvalue weighted by molar-refractivity contribution is 0.247. The fourth-order valence-corrected chi connectivity index (χ4v) is 2.76. The Morgan fingerprint density at radius 2 is 2.00 bits per heavy atom. The number of amides is 2. The van der Waals surface area contributed by atoms with Gasteiger partial charge in [-0.2, -0.15) is 4.98 Å². The first-order chi connectivity index (χ1) is 12.5. The summed E-state index contributed by atoms with van der Waals surface area (Å²) >= 11 is 0. The number of anilines is 1. The molecule has 2 N–H and O–H groups in total. The van der Waals surface area contributed by atoms with E-state index in [4.69, 9.17) is 0 Å². The van der Waals surface area contributed by atoms with Crippen LogP contribution in [-0.2, 0) is 6.54 Å². The lowest BCUT2D eigenvalue weighted by atomic mass is 10.1. The maximum Gasteiger partial charge on any atom is 0.322 e. The van der Waals surface area contributed by atoms with Gasteiger partial charge in [-0.25, -0.2) is 14.5 Å². The number of nitrogens with one attached hydrogen (secondary N) is 2. The molecule has 8 heteroatoms. The Morgan fingerprint density at radius 1 is 1.23 bits per heavy atom. The second kappa shape index (κ2) is 7.81. The van der Waals surface area contributed by atoms with Gasteiger partial charge in [0.15, 0.2) is 0 Å². The van der Waals surface area contributed by atoms with E-state index in [0.29, 0.717) is 12.5 Å². The summed E-state index contributed by atoms with van der Waals surface area (Å²) in [4.78, 5) is 20.8. The van der Waals surface area contributed by atoms with E-state index in [9.17, 15) is 4.79 Å². The molecule has 0 saturated heterocycles. The van der Waals surface area contributed by atoms with E-state index in [-0.39, 0.29) is 18.1 Å². The molecular weight excluding hydrogens is 330 g/mol. The first kappa shape index (κ1) is 17.7. The van der Waals surface area contributed by atoms with Gasteiger partial charge in [-0.3, -0.25) is 5.32 Å². The van der Waals surface area contributed by atoms with Crippen LogP contribution in [0, 0.1) is 6.92 Å². The third kappa shape index (κ3) is 4.27. The smallest absolute Gasteiger partial charge is 0.322 e. The molecule has 1 aromatic carbocycles. The van der Waals surface area contributed by atoms with Crippen molar-refractivity contribution in [1.29, 1.82) is 0 Å². The fraction of sp³-hybridized carbons (Fsp3) is 0.333. The first-order valence-corrected chi connectivity index (χ1v) is 8.54. The lowest BCUT2D eigenvalue weighted by Crippen LogP contribution is -2.35. The number of rotatable bonds is 6. The highest BCUT2D eigenvalue weighted by atomic mass is 16.2. The van der Waals surface area contributed by atoms with E-state index in [1.807, 2.05) is 61.9 Å². The molecule has 1 atom stereocenters. The topological polar surface area (TPSA) is 89.7 Å². The van der Waals surface area contributed by atoms with Gasteiger partial charge in [-0.05, 0) is 26.3 Å². The molecular formula is C18H23N7O. The average Bonchev–Trinajstić information content (AvgIpc) is 3.24. The highest BCUT2D eigenvalue weighted by Crippen LogP contribution is 2.15. The largest absolute Gasteiger partial charge is 0.335 e. The highest BCUT2D eigenvalue weighted by molar-refractivity contribution is 5.87. The van der Waals surface area contributed by atoms with Crippen LogP contribution in [0.5, 0.6) is 0 Å². The Balaban J connectivity index is 1.71. The summed E-state index contributed by atoms with van der Waals surface area (Å²) in [6, 6.07) is 9.44. The summed E-state index contributed by atoms with van der Waals surface area (Å²) in [6.45, 7) is 6.47. The van der Waals surface area contributed by atoms with Gasteiger partial charge in [0.05, 0.1) is 12.4 Å². The number of nitrogens with zero attached hydrogens (tertiary/aromatic N) is 5. The predicted octanol–water partition coefficient (Wildman–Crippen LogP) is 2.93. The summed E-state index contributed by atoms with van der Waals surface area (Å²) in [5.41, 5.74) is 1.01. The van der Waals surface area contributed by atoms with Gasteiger partial charge < -0.3 is 9.88 Å². The van der Waals surface area contributed by atoms with E-state index < -0.39 is 0 Å². The number of carbonyl (C=O) groups is 1. The Morgan fingerprint density at radius 3 is 2.62 bits per heavy atom. The van der Waals surface area contributed by atoms with Crippen molar-refractivity contribution in [2.45, 2.75) is 39.4 Å². The number of carbonyl (C=O) groups excluding carboxylic acids is 1. The van der Waals surface area contributed by atoms with Gasteiger partial charge in [-0.1, -0.05) is 30.3 Å². The maximum atomic E-state index is 12.5.